The molecule has 0 saturated carbocycles. The first-order valence-electron chi connectivity index (χ1n) is 11.2. The summed E-state index contributed by atoms with van der Waals surface area (Å²) in [6.07, 6.45) is -0.619. The number of benzene rings is 3. The summed E-state index contributed by atoms with van der Waals surface area (Å²) in [6, 6.07) is 18.9. The van der Waals surface area contributed by atoms with E-state index in [1.54, 1.807) is 6.07 Å². The van der Waals surface area contributed by atoms with Crippen molar-refractivity contribution in [3.05, 3.63) is 66.2 Å². The summed E-state index contributed by atoms with van der Waals surface area (Å²) in [6.45, 7) is 3.46. The predicted molar refractivity (Wildman–Crippen MR) is 124 cm³/mol. The third-order valence-corrected chi connectivity index (χ3v) is 6.44. The number of para-hydroxylation sites is 3. The van der Waals surface area contributed by atoms with Crippen LogP contribution in [0.15, 0.2) is 65.1 Å². The van der Waals surface area contributed by atoms with Crippen LogP contribution in [0.1, 0.15) is 5.56 Å². The maximum absolute atomic E-state index is 13.0. The molecular formula is C26H24N2O5. The number of fused-ring (bicyclic) bond motifs is 4. The molecule has 2 aliphatic heterocycles. The molecule has 168 valence electrons. The highest BCUT2D eigenvalue weighted by molar-refractivity contribution is 6.05. The Morgan fingerprint density at radius 3 is 2.52 bits per heavy atom. The molecule has 1 fully saturated rings. The normalized spacial score (nSPS) is 18.7. The second-order valence-corrected chi connectivity index (χ2v) is 8.54. The zero-order chi connectivity index (χ0) is 22.4. The highest BCUT2D eigenvalue weighted by Crippen LogP contribution is 2.34. The molecule has 1 aromatic heterocycles. The minimum absolute atomic E-state index is 0.0457. The summed E-state index contributed by atoms with van der Waals surface area (Å²) >= 11 is 0. The number of carbonyl (C=O) groups excluding carboxylic acids is 1. The second-order valence-electron chi connectivity index (χ2n) is 8.54. The van der Waals surface area contributed by atoms with Crippen molar-refractivity contribution in [2.75, 3.05) is 32.8 Å². The number of phenolic OH excluding ortho intramolecular Hbond substituents is 1. The van der Waals surface area contributed by atoms with Gasteiger partial charge in [0.25, 0.3) is 5.91 Å². The van der Waals surface area contributed by atoms with E-state index in [2.05, 4.69) is 4.90 Å². The molecule has 6 rings (SSSR count). The van der Waals surface area contributed by atoms with E-state index in [9.17, 15) is 9.90 Å². The predicted octanol–water partition coefficient (Wildman–Crippen LogP) is 3.78. The van der Waals surface area contributed by atoms with E-state index in [1.165, 1.54) is 0 Å². The first kappa shape index (κ1) is 19.9. The lowest BCUT2D eigenvalue weighted by molar-refractivity contribution is -0.143. The van der Waals surface area contributed by atoms with Crippen molar-refractivity contribution in [3.8, 4) is 17.2 Å². The summed E-state index contributed by atoms with van der Waals surface area (Å²) < 4.78 is 17.5. The Balaban J connectivity index is 1.11. The molecule has 0 bridgehead atoms. The van der Waals surface area contributed by atoms with Gasteiger partial charge in [-0.15, -0.1) is 0 Å². The highest BCUT2D eigenvalue weighted by atomic mass is 16.6. The van der Waals surface area contributed by atoms with Gasteiger partial charge in [0, 0.05) is 49.1 Å². The van der Waals surface area contributed by atoms with Crippen molar-refractivity contribution in [1.82, 2.24) is 9.80 Å². The van der Waals surface area contributed by atoms with Crippen LogP contribution in [0.5, 0.6) is 17.2 Å². The summed E-state index contributed by atoms with van der Waals surface area (Å²) in [5.41, 5.74) is 2.40. The van der Waals surface area contributed by atoms with Gasteiger partial charge < -0.3 is 23.9 Å². The number of ether oxygens (including phenoxy) is 2. The zero-order valence-corrected chi connectivity index (χ0v) is 18.1. The Bertz CT molecular complexity index is 1340. The fraction of sp³-hybridized carbons (Fsp3) is 0.269. The Morgan fingerprint density at radius 2 is 1.67 bits per heavy atom. The van der Waals surface area contributed by atoms with Gasteiger partial charge in [-0.1, -0.05) is 30.3 Å². The van der Waals surface area contributed by atoms with Crippen LogP contribution >= 0.6 is 0 Å². The standard InChI is InChI=1S/C26H24N2O5/c29-20-14-19-18-5-1-2-6-21(18)32-24(19)13-17(20)15-27-9-11-28(12-10-27)26(30)25-16-31-22-7-3-4-8-23(22)33-25/h1-8,13-14,25,29H,9-12,15-16H2. The van der Waals surface area contributed by atoms with Crippen LogP contribution < -0.4 is 9.47 Å². The largest absolute Gasteiger partial charge is 0.508 e. The van der Waals surface area contributed by atoms with Crippen molar-refractivity contribution in [2.45, 2.75) is 12.6 Å². The number of phenols is 1. The van der Waals surface area contributed by atoms with E-state index in [4.69, 9.17) is 13.9 Å². The Kier molecular flexibility index (Phi) is 4.84. The lowest BCUT2D eigenvalue weighted by atomic mass is 10.1. The molecule has 0 spiro atoms. The molecule has 3 aromatic carbocycles. The average Bonchev–Trinajstić information content (AvgIpc) is 3.21. The minimum Gasteiger partial charge on any atom is -0.508 e. The fourth-order valence-corrected chi connectivity index (χ4v) is 4.64. The van der Waals surface area contributed by atoms with E-state index >= 15 is 0 Å². The monoisotopic (exact) mass is 444 g/mol. The number of carbonyl (C=O) groups is 1. The van der Waals surface area contributed by atoms with Crippen LogP contribution in [0.3, 0.4) is 0 Å². The quantitative estimate of drug-likeness (QED) is 0.519. The first-order chi connectivity index (χ1) is 16.2. The van der Waals surface area contributed by atoms with Crippen LogP contribution in [0.2, 0.25) is 0 Å². The van der Waals surface area contributed by atoms with Crippen molar-refractivity contribution in [2.24, 2.45) is 0 Å². The molecule has 0 aliphatic carbocycles. The van der Waals surface area contributed by atoms with Crippen LogP contribution in [-0.4, -0.2) is 59.7 Å². The number of piperazine rings is 1. The van der Waals surface area contributed by atoms with E-state index < -0.39 is 6.10 Å². The van der Waals surface area contributed by atoms with Gasteiger partial charge in [0.1, 0.15) is 23.5 Å². The third kappa shape index (κ3) is 3.64. The molecule has 1 saturated heterocycles. The first-order valence-corrected chi connectivity index (χ1v) is 11.2. The van der Waals surface area contributed by atoms with Gasteiger partial charge in [0.2, 0.25) is 6.10 Å². The van der Waals surface area contributed by atoms with E-state index in [1.807, 2.05) is 59.5 Å². The number of hydrogen-bond acceptors (Lipinski definition) is 6. The summed E-state index contributed by atoms with van der Waals surface area (Å²) in [4.78, 5) is 17.0. The van der Waals surface area contributed by atoms with Crippen molar-refractivity contribution in [3.63, 3.8) is 0 Å². The number of hydrogen-bond donors (Lipinski definition) is 1. The summed E-state index contributed by atoms with van der Waals surface area (Å²) in [7, 11) is 0. The van der Waals surface area contributed by atoms with Gasteiger partial charge in [0.05, 0.1) is 0 Å². The summed E-state index contributed by atoms with van der Waals surface area (Å²) in [5, 5.41) is 12.6. The van der Waals surface area contributed by atoms with Crippen molar-refractivity contribution >= 4 is 27.8 Å². The fourth-order valence-electron chi connectivity index (χ4n) is 4.64. The lowest BCUT2D eigenvalue weighted by Crippen LogP contribution is -2.53. The van der Waals surface area contributed by atoms with Crippen LogP contribution in [-0.2, 0) is 11.3 Å². The van der Waals surface area contributed by atoms with Gasteiger partial charge in [0.15, 0.2) is 11.5 Å². The smallest absolute Gasteiger partial charge is 0.267 e. The maximum atomic E-state index is 13.0. The topological polar surface area (TPSA) is 75.4 Å². The Labute approximate surface area is 190 Å². The third-order valence-electron chi connectivity index (χ3n) is 6.44. The molecule has 33 heavy (non-hydrogen) atoms. The van der Waals surface area contributed by atoms with Gasteiger partial charge in [-0.3, -0.25) is 9.69 Å². The van der Waals surface area contributed by atoms with E-state index in [0.717, 1.165) is 27.5 Å². The van der Waals surface area contributed by atoms with Gasteiger partial charge >= 0.3 is 0 Å². The molecule has 1 atom stereocenters. The van der Waals surface area contributed by atoms with Crippen molar-refractivity contribution in [1.29, 1.82) is 0 Å². The van der Waals surface area contributed by atoms with E-state index in [0.29, 0.717) is 44.2 Å². The molecule has 1 unspecified atom stereocenters. The van der Waals surface area contributed by atoms with Gasteiger partial charge in [-0.2, -0.15) is 0 Å². The Morgan fingerprint density at radius 1 is 0.909 bits per heavy atom. The molecule has 1 N–H and O–H groups in total. The number of furan rings is 1. The molecule has 4 aromatic rings. The Hall–Kier alpha value is -3.71. The number of rotatable bonds is 3. The van der Waals surface area contributed by atoms with Crippen LogP contribution in [0.25, 0.3) is 21.9 Å². The molecule has 7 heteroatoms. The zero-order valence-electron chi connectivity index (χ0n) is 18.1. The molecular weight excluding hydrogens is 420 g/mol. The molecule has 0 radical (unpaired) electrons. The SMILES string of the molecule is O=C(C1COc2ccccc2O1)N1CCN(Cc2cc3oc4ccccc4c3cc2O)CC1. The summed E-state index contributed by atoms with van der Waals surface area (Å²) in [5.74, 6) is 1.50. The lowest BCUT2D eigenvalue weighted by Gasteiger charge is -2.37. The molecule has 7 nitrogen and oxygen atoms in total. The number of amides is 1. The molecule has 1 amide bonds. The van der Waals surface area contributed by atoms with Gasteiger partial charge in [-0.25, -0.2) is 0 Å². The number of aromatic hydroxyl groups is 1. The molecule has 2 aliphatic rings. The van der Waals surface area contributed by atoms with E-state index in [-0.39, 0.29) is 18.3 Å². The minimum atomic E-state index is -0.619. The molecule has 3 heterocycles. The van der Waals surface area contributed by atoms with Crippen LogP contribution in [0.4, 0.5) is 0 Å². The van der Waals surface area contributed by atoms with Gasteiger partial charge in [-0.05, 0) is 30.3 Å². The second kappa shape index (κ2) is 8.01. The van der Waals surface area contributed by atoms with Crippen LogP contribution in [0, 0.1) is 0 Å². The average molecular weight is 444 g/mol. The maximum Gasteiger partial charge on any atom is 0.267 e. The number of nitrogens with zero attached hydrogens (tertiary/aromatic N) is 2. The van der Waals surface area contributed by atoms with Crippen molar-refractivity contribution < 1.29 is 23.8 Å². The highest BCUT2D eigenvalue weighted by Gasteiger charge is 2.32.